The van der Waals surface area contributed by atoms with Crippen molar-refractivity contribution in [2.75, 3.05) is 10.0 Å². The fourth-order valence-corrected chi connectivity index (χ4v) is 4.65. The molecule has 0 aliphatic carbocycles. The predicted octanol–water partition coefficient (Wildman–Crippen LogP) is 4.56. The molecule has 0 atom stereocenters. The van der Waals surface area contributed by atoms with E-state index in [1.165, 1.54) is 18.3 Å². The van der Waals surface area contributed by atoms with Crippen molar-refractivity contribution in [3.05, 3.63) is 82.8 Å². The van der Waals surface area contributed by atoms with Crippen molar-refractivity contribution >= 4 is 21.5 Å². The number of nitrogens with zero attached hydrogens (tertiary/aromatic N) is 1. The molecule has 28 heavy (non-hydrogen) atoms. The number of aryl methyl sites for hydroxylation is 3. The number of nitrogens with one attached hydrogen (secondary N) is 2. The molecule has 0 radical (unpaired) electrons. The first-order valence-corrected chi connectivity index (χ1v) is 10.3. The van der Waals surface area contributed by atoms with Crippen molar-refractivity contribution in [1.82, 2.24) is 4.98 Å². The van der Waals surface area contributed by atoms with Gasteiger partial charge in [-0.25, -0.2) is 17.8 Å². The largest absolute Gasteiger partial charge is 0.366 e. The van der Waals surface area contributed by atoms with Crippen LogP contribution in [0.25, 0.3) is 0 Å². The number of anilines is 2. The average molecular weight is 399 g/mol. The number of rotatable bonds is 6. The summed E-state index contributed by atoms with van der Waals surface area (Å²) in [7, 11) is -3.71. The van der Waals surface area contributed by atoms with Gasteiger partial charge in [0.2, 0.25) is 0 Å². The van der Waals surface area contributed by atoms with Crippen LogP contribution >= 0.6 is 0 Å². The number of sulfonamides is 1. The molecule has 0 saturated heterocycles. The molecule has 0 bridgehead atoms. The van der Waals surface area contributed by atoms with E-state index in [0.29, 0.717) is 29.2 Å². The van der Waals surface area contributed by atoms with E-state index >= 15 is 0 Å². The second-order valence-electron chi connectivity index (χ2n) is 6.75. The zero-order valence-corrected chi connectivity index (χ0v) is 16.8. The summed E-state index contributed by atoms with van der Waals surface area (Å²) >= 11 is 0. The van der Waals surface area contributed by atoms with E-state index in [-0.39, 0.29) is 10.7 Å². The Kier molecular flexibility index (Phi) is 5.65. The Labute approximate surface area is 164 Å². The molecule has 2 aromatic carbocycles. The smallest absolute Gasteiger partial charge is 0.262 e. The highest BCUT2D eigenvalue weighted by Crippen LogP contribution is 2.24. The number of benzene rings is 2. The Bertz CT molecular complexity index is 1060. The molecule has 0 fully saturated rings. The summed E-state index contributed by atoms with van der Waals surface area (Å²) in [5, 5.41) is 3.12. The van der Waals surface area contributed by atoms with Gasteiger partial charge in [-0.1, -0.05) is 29.8 Å². The maximum absolute atomic E-state index is 12.9. The van der Waals surface area contributed by atoms with Crippen LogP contribution in [0.1, 0.15) is 22.3 Å². The Morgan fingerprint density at radius 3 is 2.18 bits per heavy atom. The first-order chi connectivity index (χ1) is 13.2. The van der Waals surface area contributed by atoms with Gasteiger partial charge in [0.05, 0.1) is 16.8 Å². The van der Waals surface area contributed by atoms with Gasteiger partial charge in [0.15, 0.2) is 0 Å². The minimum Gasteiger partial charge on any atom is -0.366 e. The molecule has 3 aromatic rings. The summed E-state index contributed by atoms with van der Waals surface area (Å²) in [5.74, 6) is 0.313. The molecule has 0 aliphatic heterocycles. The third-order valence-corrected chi connectivity index (χ3v) is 5.96. The maximum atomic E-state index is 12.9. The number of hydrogen-bond donors (Lipinski definition) is 2. The van der Waals surface area contributed by atoms with Crippen LogP contribution in [0.4, 0.5) is 15.9 Å². The third kappa shape index (κ3) is 4.67. The molecule has 0 unspecified atom stereocenters. The topological polar surface area (TPSA) is 71.1 Å². The Hall–Kier alpha value is -2.93. The zero-order chi connectivity index (χ0) is 20.3. The summed E-state index contributed by atoms with van der Waals surface area (Å²) in [6.07, 6.45) is 1.46. The fraction of sp³-hybridized carbons (Fsp3) is 0.190. The van der Waals surface area contributed by atoms with Crippen molar-refractivity contribution in [2.24, 2.45) is 0 Å². The Morgan fingerprint density at radius 1 is 0.964 bits per heavy atom. The summed E-state index contributed by atoms with van der Waals surface area (Å²) in [5.41, 5.74) is 3.73. The van der Waals surface area contributed by atoms with Gasteiger partial charge in [0.25, 0.3) is 10.0 Å². The lowest BCUT2D eigenvalue weighted by molar-refractivity contribution is 0.600. The van der Waals surface area contributed by atoms with Gasteiger partial charge in [-0.15, -0.1) is 0 Å². The summed E-state index contributed by atoms with van der Waals surface area (Å²) in [4.78, 5) is 4.52. The van der Waals surface area contributed by atoms with Crippen LogP contribution in [0, 0.1) is 26.6 Å². The molecule has 146 valence electrons. The van der Waals surface area contributed by atoms with Crippen molar-refractivity contribution in [3.63, 3.8) is 0 Å². The van der Waals surface area contributed by atoms with E-state index < -0.39 is 10.0 Å². The van der Waals surface area contributed by atoms with Crippen LogP contribution in [0.5, 0.6) is 0 Å². The highest BCUT2D eigenvalue weighted by molar-refractivity contribution is 7.92. The van der Waals surface area contributed by atoms with Gasteiger partial charge in [-0.05, 0) is 61.7 Å². The molecule has 2 N–H and O–H groups in total. The molecule has 3 rings (SSSR count). The van der Waals surface area contributed by atoms with Crippen LogP contribution < -0.4 is 10.0 Å². The Balaban J connectivity index is 1.70. The van der Waals surface area contributed by atoms with Gasteiger partial charge in [-0.3, -0.25) is 4.72 Å². The number of aromatic nitrogens is 1. The molecular weight excluding hydrogens is 377 g/mol. The first-order valence-electron chi connectivity index (χ1n) is 8.79. The fourth-order valence-electron chi connectivity index (χ4n) is 3.15. The van der Waals surface area contributed by atoms with E-state index in [1.807, 2.05) is 19.1 Å². The number of pyridine rings is 1. The Morgan fingerprint density at radius 2 is 1.61 bits per heavy atom. The molecule has 5 nitrogen and oxygen atoms in total. The lowest BCUT2D eigenvalue weighted by atomic mass is 10.1. The van der Waals surface area contributed by atoms with Crippen molar-refractivity contribution in [1.29, 1.82) is 0 Å². The van der Waals surface area contributed by atoms with E-state index in [9.17, 15) is 12.8 Å². The van der Waals surface area contributed by atoms with Gasteiger partial charge in [0.1, 0.15) is 11.6 Å². The van der Waals surface area contributed by atoms with Crippen LogP contribution in [0.2, 0.25) is 0 Å². The van der Waals surface area contributed by atoms with Gasteiger partial charge >= 0.3 is 0 Å². The predicted molar refractivity (Wildman–Crippen MR) is 109 cm³/mol. The molecule has 0 amide bonds. The number of halogens is 1. The molecule has 1 heterocycles. The van der Waals surface area contributed by atoms with E-state index in [1.54, 1.807) is 38.1 Å². The molecule has 0 spiro atoms. The van der Waals surface area contributed by atoms with Crippen LogP contribution in [0.3, 0.4) is 0 Å². The molecule has 0 saturated carbocycles. The highest BCUT2D eigenvalue weighted by atomic mass is 32.2. The van der Waals surface area contributed by atoms with Crippen molar-refractivity contribution in [3.8, 4) is 0 Å². The van der Waals surface area contributed by atoms with Gasteiger partial charge < -0.3 is 5.32 Å². The molecule has 1 aromatic heterocycles. The molecule has 7 heteroatoms. The second-order valence-corrected chi connectivity index (χ2v) is 8.36. The molecular formula is C21H22FN3O2S. The van der Waals surface area contributed by atoms with E-state index in [0.717, 1.165) is 11.1 Å². The summed E-state index contributed by atoms with van der Waals surface area (Å²) in [6.45, 7) is 6.00. The quantitative estimate of drug-likeness (QED) is 0.637. The maximum Gasteiger partial charge on any atom is 0.262 e. The summed E-state index contributed by atoms with van der Waals surface area (Å²) < 4.78 is 41.1. The number of hydrogen-bond acceptors (Lipinski definition) is 4. The average Bonchev–Trinajstić information content (AvgIpc) is 2.61. The van der Waals surface area contributed by atoms with Crippen LogP contribution in [0.15, 0.2) is 59.6 Å². The summed E-state index contributed by atoms with van der Waals surface area (Å²) in [6, 6.07) is 13.2. The van der Waals surface area contributed by atoms with Gasteiger partial charge in [0, 0.05) is 6.54 Å². The van der Waals surface area contributed by atoms with E-state index in [4.69, 9.17) is 0 Å². The normalized spacial score (nSPS) is 11.3. The minimum absolute atomic E-state index is 0.280. The highest BCUT2D eigenvalue weighted by Gasteiger charge is 2.20. The first kappa shape index (κ1) is 19.8. The monoisotopic (exact) mass is 399 g/mol. The standard InChI is InChI=1S/C21H22FN3O2S/c1-14-10-15(2)21(16(3)11-14)28(26,27)25-19-8-9-20(24-13-19)23-12-17-4-6-18(22)7-5-17/h4-11,13,25H,12H2,1-3H3,(H,23,24). The zero-order valence-electron chi connectivity index (χ0n) is 16.0. The minimum atomic E-state index is -3.71. The second kappa shape index (κ2) is 7.98. The van der Waals surface area contributed by atoms with Crippen LogP contribution in [-0.4, -0.2) is 13.4 Å². The van der Waals surface area contributed by atoms with Crippen molar-refractivity contribution < 1.29 is 12.8 Å². The lowest BCUT2D eigenvalue weighted by Gasteiger charge is -2.14. The SMILES string of the molecule is Cc1cc(C)c(S(=O)(=O)Nc2ccc(NCc3ccc(F)cc3)nc2)c(C)c1. The lowest BCUT2D eigenvalue weighted by Crippen LogP contribution is -2.16. The van der Waals surface area contributed by atoms with Crippen molar-refractivity contribution in [2.45, 2.75) is 32.2 Å². The molecule has 0 aliphatic rings. The van der Waals surface area contributed by atoms with Crippen LogP contribution in [-0.2, 0) is 16.6 Å². The third-order valence-electron chi connectivity index (χ3n) is 4.28. The van der Waals surface area contributed by atoms with Gasteiger partial charge in [-0.2, -0.15) is 0 Å². The van der Waals surface area contributed by atoms with E-state index in [2.05, 4.69) is 15.0 Å².